The van der Waals surface area contributed by atoms with E-state index in [-0.39, 0.29) is 12.6 Å². The predicted molar refractivity (Wildman–Crippen MR) is 115 cm³/mol. The van der Waals surface area contributed by atoms with E-state index in [1.54, 1.807) is 12.0 Å². The minimum absolute atomic E-state index is 0.171. The first-order valence-corrected chi connectivity index (χ1v) is 12.0. The van der Waals surface area contributed by atoms with Crippen molar-refractivity contribution in [2.45, 2.75) is 30.8 Å². The third-order valence-electron chi connectivity index (χ3n) is 5.78. The SMILES string of the molecule is COc1ccc(CCN2C(=O)NC[C@@]2(NS(C)(=O)=O)c2ccc(C3CC3)cc2)cc1. The standard InChI is InChI=1S/C22H27N3O4S/c1-29-20-11-3-16(4-12-20)13-14-25-21(26)23-15-22(25,24-30(2,27)28)19-9-7-18(8-10-19)17-5-6-17/h3-4,7-12,17,24H,5-6,13-15H2,1-2H3,(H,23,26)/t22-/m0/s1. The lowest BCUT2D eigenvalue weighted by molar-refractivity contribution is 0.147. The van der Waals surface area contributed by atoms with Crippen LogP contribution in [0.25, 0.3) is 0 Å². The van der Waals surface area contributed by atoms with Crippen LogP contribution in [0.15, 0.2) is 48.5 Å². The maximum Gasteiger partial charge on any atom is 0.319 e. The number of ether oxygens (including phenoxy) is 1. The zero-order valence-electron chi connectivity index (χ0n) is 17.2. The van der Waals surface area contributed by atoms with Crippen LogP contribution in [0, 0.1) is 0 Å². The van der Waals surface area contributed by atoms with Gasteiger partial charge in [-0.15, -0.1) is 0 Å². The Hall–Kier alpha value is -2.58. The van der Waals surface area contributed by atoms with E-state index < -0.39 is 15.7 Å². The molecule has 1 saturated heterocycles. The third kappa shape index (κ3) is 4.29. The smallest absolute Gasteiger partial charge is 0.319 e. The van der Waals surface area contributed by atoms with Gasteiger partial charge in [-0.3, -0.25) is 4.90 Å². The van der Waals surface area contributed by atoms with E-state index in [0.29, 0.717) is 18.9 Å². The summed E-state index contributed by atoms with van der Waals surface area (Å²) in [6, 6.07) is 15.3. The molecule has 160 valence electrons. The lowest BCUT2D eigenvalue weighted by Gasteiger charge is -2.37. The Balaban J connectivity index is 1.63. The minimum atomic E-state index is -3.58. The molecule has 2 N–H and O–H groups in total. The molecule has 2 aliphatic rings. The number of amides is 2. The van der Waals surface area contributed by atoms with Crippen molar-refractivity contribution in [3.8, 4) is 5.75 Å². The lowest BCUT2D eigenvalue weighted by Crippen LogP contribution is -2.57. The van der Waals surface area contributed by atoms with E-state index >= 15 is 0 Å². The van der Waals surface area contributed by atoms with Crippen LogP contribution in [-0.2, 0) is 22.1 Å². The molecule has 30 heavy (non-hydrogen) atoms. The second kappa shape index (κ2) is 7.92. The number of hydrogen-bond donors (Lipinski definition) is 2. The zero-order chi connectivity index (χ0) is 21.4. The molecule has 0 unspecified atom stereocenters. The summed E-state index contributed by atoms with van der Waals surface area (Å²) in [5.74, 6) is 1.37. The topological polar surface area (TPSA) is 87.7 Å². The number of nitrogens with zero attached hydrogens (tertiary/aromatic N) is 1. The van der Waals surface area contributed by atoms with Crippen LogP contribution < -0.4 is 14.8 Å². The number of rotatable bonds is 8. The van der Waals surface area contributed by atoms with Crippen molar-refractivity contribution in [2.24, 2.45) is 0 Å². The molecule has 7 nitrogen and oxygen atoms in total. The van der Waals surface area contributed by atoms with E-state index in [0.717, 1.165) is 23.1 Å². The first-order valence-electron chi connectivity index (χ1n) is 10.1. The fourth-order valence-electron chi connectivity index (χ4n) is 4.06. The highest BCUT2D eigenvalue weighted by atomic mass is 32.2. The van der Waals surface area contributed by atoms with Gasteiger partial charge >= 0.3 is 6.03 Å². The summed E-state index contributed by atoms with van der Waals surface area (Å²) in [6.45, 7) is 0.537. The Morgan fingerprint density at radius 2 is 1.80 bits per heavy atom. The number of nitrogens with one attached hydrogen (secondary N) is 2. The van der Waals surface area contributed by atoms with Gasteiger partial charge in [-0.2, -0.15) is 4.72 Å². The minimum Gasteiger partial charge on any atom is -0.497 e. The second-order valence-electron chi connectivity index (χ2n) is 8.04. The van der Waals surface area contributed by atoms with Gasteiger partial charge in [0.2, 0.25) is 10.0 Å². The summed E-state index contributed by atoms with van der Waals surface area (Å²) in [7, 11) is -1.96. The van der Waals surface area contributed by atoms with Crippen LogP contribution in [-0.4, -0.2) is 45.8 Å². The fourth-order valence-corrected chi connectivity index (χ4v) is 4.97. The Morgan fingerprint density at radius 3 is 2.37 bits per heavy atom. The van der Waals surface area contributed by atoms with Crippen molar-refractivity contribution in [1.82, 2.24) is 14.9 Å². The van der Waals surface area contributed by atoms with E-state index in [4.69, 9.17) is 4.74 Å². The molecule has 0 radical (unpaired) electrons. The van der Waals surface area contributed by atoms with Crippen LogP contribution in [0.1, 0.15) is 35.4 Å². The van der Waals surface area contributed by atoms with E-state index in [2.05, 4.69) is 10.0 Å². The third-order valence-corrected chi connectivity index (χ3v) is 6.48. The number of benzene rings is 2. The normalized spacial score (nSPS) is 21.5. The van der Waals surface area contributed by atoms with Gasteiger partial charge in [-0.25, -0.2) is 13.2 Å². The molecule has 4 rings (SSSR count). The van der Waals surface area contributed by atoms with Crippen LogP contribution in [0.2, 0.25) is 0 Å². The maximum atomic E-state index is 12.7. The molecular weight excluding hydrogens is 402 g/mol. The average molecular weight is 430 g/mol. The van der Waals surface area contributed by atoms with Crippen LogP contribution in [0.4, 0.5) is 4.79 Å². The van der Waals surface area contributed by atoms with Gasteiger partial charge in [0.15, 0.2) is 5.66 Å². The molecule has 0 spiro atoms. The van der Waals surface area contributed by atoms with Crippen molar-refractivity contribution in [2.75, 3.05) is 26.5 Å². The lowest BCUT2D eigenvalue weighted by atomic mass is 9.97. The van der Waals surface area contributed by atoms with Gasteiger partial charge in [0.05, 0.1) is 19.9 Å². The first-order chi connectivity index (χ1) is 14.3. The monoisotopic (exact) mass is 429 g/mol. The molecule has 0 aromatic heterocycles. The van der Waals surface area contributed by atoms with E-state index in [1.807, 2.05) is 48.5 Å². The van der Waals surface area contributed by atoms with E-state index in [1.165, 1.54) is 18.4 Å². The first kappa shape index (κ1) is 20.7. The van der Waals surface area contributed by atoms with Gasteiger partial charge in [-0.1, -0.05) is 36.4 Å². The maximum absolute atomic E-state index is 12.7. The van der Waals surface area contributed by atoms with E-state index in [9.17, 15) is 13.2 Å². The summed E-state index contributed by atoms with van der Waals surface area (Å²) in [6.07, 6.45) is 4.10. The van der Waals surface area contributed by atoms with Crippen LogP contribution >= 0.6 is 0 Å². The summed E-state index contributed by atoms with van der Waals surface area (Å²) in [5.41, 5.74) is 1.90. The van der Waals surface area contributed by atoms with Gasteiger partial charge in [0.1, 0.15) is 5.75 Å². The molecule has 1 heterocycles. The van der Waals surface area contributed by atoms with Crippen molar-refractivity contribution in [1.29, 1.82) is 0 Å². The molecule has 1 saturated carbocycles. The number of urea groups is 1. The van der Waals surface area contributed by atoms with Crippen LogP contribution in [0.3, 0.4) is 0 Å². The number of carbonyl (C=O) groups excluding carboxylic acids is 1. The highest BCUT2D eigenvalue weighted by molar-refractivity contribution is 7.88. The second-order valence-corrected chi connectivity index (χ2v) is 9.79. The molecule has 2 aromatic carbocycles. The Labute approximate surface area is 177 Å². The predicted octanol–water partition coefficient (Wildman–Crippen LogP) is 2.54. The van der Waals surface area contributed by atoms with Gasteiger partial charge in [0, 0.05) is 6.54 Å². The molecule has 1 atom stereocenters. The molecule has 0 bridgehead atoms. The van der Waals surface area contributed by atoms with Crippen molar-refractivity contribution >= 4 is 16.1 Å². The molecule has 2 amide bonds. The quantitative estimate of drug-likeness (QED) is 0.675. The largest absolute Gasteiger partial charge is 0.497 e. The zero-order valence-corrected chi connectivity index (χ0v) is 18.0. The molecule has 2 fully saturated rings. The number of sulfonamides is 1. The number of methoxy groups -OCH3 is 1. The fraction of sp³-hybridized carbons (Fsp3) is 0.409. The Kier molecular flexibility index (Phi) is 5.46. The molecule has 1 aliphatic carbocycles. The van der Waals surface area contributed by atoms with Gasteiger partial charge < -0.3 is 10.1 Å². The van der Waals surface area contributed by atoms with Crippen LogP contribution in [0.5, 0.6) is 5.75 Å². The Morgan fingerprint density at radius 1 is 1.13 bits per heavy atom. The summed E-state index contributed by atoms with van der Waals surface area (Å²) in [4.78, 5) is 14.3. The van der Waals surface area contributed by atoms with Crippen molar-refractivity contribution in [3.63, 3.8) is 0 Å². The summed E-state index contributed by atoms with van der Waals surface area (Å²) in [5, 5.41) is 2.83. The average Bonchev–Trinajstić information content (AvgIpc) is 3.52. The number of hydrogen-bond acceptors (Lipinski definition) is 4. The molecule has 2 aromatic rings. The summed E-state index contributed by atoms with van der Waals surface area (Å²) >= 11 is 0. The summed E-state index contributed by atoms with van der Waals surface area (Å²) < 4.78 is 32.4. The molecule has 1 aliphatic heterocycles. The molecular formula is C22H27N3O4S. The van der Waals surface area contributed by atoms with Crippen molar-refractivity contribution in [3.05, 3.63) is 65.2 Å². The van der Waals surface area contributed by atoms with Gasteiger partial charge in [-0.05, 0) is 54.0 Å². The van der Waals surface area contributed by atoms with Gasteiger partial charge in [0.25, 0.3) is 0 Å². The molecule has 8 heteroatoms. The highest BCUT2D eigenvalue weighted by Crippen LogP contribution is 2.41. The number of carbonyl (C=O) groups is 1. The highest BCUT2D eigenvalue weighted by Gasteiger charge is 2.48. The van der Waals surface area contributed by atoms with Crippen molar-refractivity contribution < 1.29 is 17.9 Å². The Bertz CT molecular complexity index is 1020.